The Morgan fingerprint density at radius 1 is 0.944 bits per heavy atom. The first kappa shape index (κ1) is 10.5. The fourth-order valence-corrected chi connectivity index (χ4v) is 1.58. The van der Waals surface area contributed by atoms with Crippen LogP contribution in [0.5, 0.6) is 0 Å². The summed E-state index contributed by atoms with van der Waals surface area (Å²) >= 11 is 0. The molecule has 0 aliphatic heterocycles. The SMILES string of the molecule is Nc1ccc(-c2noc(-c3ccccc3)n2)cn1. The lowest BCUT2D eigenvalue weighted by Crippen LogP contribution is -1.89. The molecule has 2 heterocycles. The third-order valence-electron chi connectivity index (χ3n) is 2.49. The summed E-state index contributed by atoms with van der Waals surface area (Å²) in [5, 5.41) is 3.93. The zero-order valence-corrected chi connectivity index (χ0v) is 9.45. The van der Waals surface area contributed by atoms with E-state index < -0.39 is 0 Å². The van der Waals surface area contributed by atoms with Crippen LogP contribution in [0.2, 0.25) is 0 Å². The highest BCUT2D eigenvalue weighted by atomic mass is 16.5. The van der Waals surface area contributed by atoms with Gasteiger partial charge in [0.05, 0.1) is 0 Å². The number of anilines is 1. The number of nitrogen functional groups attached to an aromatic ring is 1. The van der Waals surface area contributed by atoms with Crippen LogP contribution < -0.4 is 5.73 Å². The van der Waals surface area contributed by atoms with Gasteiger partial charge in [-0.3, -0.25) is 0 Å². The van der Waals surface area contributed by atoms with Crippen LogP contribution in [0.15, 0.2) is 53.2 Å². The Morgan fingerprint density at radius 3 is 2.50 bits per heavy atom. The summed E-state index contributed by atoms with van der Waals surface area (Å²) in [5.41, 5.74) is 7.19. The van der Waals surface area contributed by atoms with Gasteiger partial charge in [-0.2, -0.15) is 4.98 Å². The van der Waals surface area contributed by atoms with Crippen LogP contribution in [0, 0.1) is 0 Å². The molecule has 0 fully saturated rings. The standard InChI is InChI=1S/C13H10N4O/c14-11-7-6-10(8-15-11)12-16-13(18-17-12)9-4-2-1-3-5-9/h1-8H,(H2,14,15). The highest BCUT2D eigenvalue weighted by Gasteiger charge is 2.10. The van der Waals surface area contributed by atoms with Crippen LogP contribution in [0.3, 0.4) is 0 Å². The minimum atomic E-state index is 0.463. The molecule has 0 saturated carbocycles. The Hall–Kier alpha value is -2.69. The van der Waals surface area contributed by atoms with E-state index in [2.05, 4.69) is 15.1 Å². The van der Waals surface area contributed by atoms with Crippen LogP contribution in [0.4, 0.5) is 5.82 Å². The molecule has 0 amide bonds. The van der Waals surface area contributed by atoms with Crippen LogP contribution in [-0.2, 0) is 0 Å². The van der Waals surface area contributed by atoms with Crippen molar-refractivity contribution in [2.45, 2.75) is 0 Å². The molecule has 0 spiro atoms. The van der Waals surface area contributed by atoms with Crippen LogP contribution in [0.25, 0.3) is 22.8 Å². The molecule has 2 aromatic heterocycles. The van der Waals surface area contributed by atoms with Gasteiger partial charge in [0.15, 0.2) is 0 Å². The maximum atomic E-state index is 5.53. The molecule has 0 bridgehead atoms. The lowest BCUT2D eigenvalue weighted by atomic mass is 10.2. The quantitative estimate of drug-likeness (QED) is 0.741. The van der Waals surface area contributed by atoms with Crippen LogP contribution >= 0.6 is 0 Å². The third-order valence-corrected chi connectivity index (χ3v) is 2.49. The van der Waals surface area contributed by atoms with E-state index in [1.807, 2.05) is 36.4 Å². The smallest absolute Gasteiger partial charge is 0.258 e. The molecular formula is C13H10N4O. The lowest BCUT2D eigenvalue weighted by Gasteiger charge is -1.94. The average molecular weight is 238 g/mol. The number of hydrogen-bond donors (Lipinski definition) is 1. The fourth-order valence-electron chi connectivity index (χ4n) is 1.58. The lowest BCUT2D eigenvalue weighted by molar-refractivity contribution is 0.432. The third kappa shape index (κ3) is 1.93. The summed E-state index contributed by atoms with van der Waals surface area (Å²) in [4.78, 5) is 8.32. The van der Waals surface area contributed by atoms with Crippen molar-refractivity contribution in [2.75, 3.05) is 5.73 Å². The van der Waals surface area contributed by atoms with Gasteiger partial charge < -0.3 is 10.3 Å². The predicted octanol–water partition coefficient (Wildman–Crippen LogP) is 2.38. The molecule has 0 saturated heterocycles. The van der Waals surface area contributed by atoms with E-state index in [4.69, 9.17) is 10.3 Å². The number of nitrogens with zero attached hydrogens (tertiary/aromatic N) is 3. The Labute approximate surface area is 103 Å². The van der Waals surface area contributed by atoms with E-state index in [9.17, 15) is 0 Å². The van der Waals surface area contributed by atoms with E-state index in [1.54, 1.807) is 12.3 Å². The van der Waals surface area contributed by atoms with Gasteiger partial charge in [-0.05, 0) is 24.3 Å². The van der Waals surface area contributed by atoms with E-state index >= 15 is 0 Å². The molecule has 0 radical (unpaired) electrons. The number of aromatic nitrogens is 3. The molecule has 0 atom stereocenters. The summed E-state index contributed by atoms with van der Waals surface area (Å²) in [7, 11) is 0. The first-order chi connectivity index (χ1) is 8.83. The van der Waals surface area contributed by atoms with E-state index in [-0.39, 0.29) is 0 Å². The number of rotatable bonds is 2. The Morgan fingerprint density at radius 2 is 1.78 bits per heavy atom. The molecule has 3 aromatic rings. The number of hydrogen-bond acceptors (Lipinski definition) is 5. The second-order valence-electron chi connectivity index (χ2n) is 3.76. The number of benzene rings is 1. The topological polar surface area (TPSA) is 77.8 Å². The minimum Gasteiger partial charge on any atom is -0.384 e. The molecule has 2 N–H and O–H groups in total. The molecule has 18 heavy (non-hydrogen) atoms. The van der Waals surface area contributed by atoms with Gasteiger partial charge in [0, 0.05) is 17.3 Å². The van der Waals surface area contributed by atoms with Crippen molar-refractivity contribution in [3.8, 4) is 22.8 Å². The maximum Gasteiger partial charge on any atom is 0.258 e. The van der Waals surface area contributed by atoms with Gasteiger partial charge in [-0.25, -0.2) is 4.98 Å². The average Bonchev–Trinajstić information content (AvgIpc) is 2.90. The van der Waals surface area contributed by atoms with Gasteiger partial charge >= 0.3 is 0 Å². The number of nitrogens with two attached hydrogens (primary N) is 1. The first-order valence-electron chi connectivity index (χ1n) is 5.44. The largest absolute Gasteiger partial charge is 0.384 e. The first-order valence-corrected chi connectivity index (χ1v) is 5.44. The normalized spacial score (nSPS) is 10.4. The van der Waals surface area contributed by atoms with Gasteiger partial charge in [-0.15, -0.1) is 0 Å². The second kappa shape index (κ2) is 4.29. The van der Waals surface area contributed by atoms with Crippen molar-refractivity contribution in [1.29, 1.82) is 0 Å². The zero-order valence-electron chi connectivity index (χ0n) is 9.45. The maximum absolute atomic E-state index is 5.53. The van der Waals surface area contributed by atoms with Gasteiger partial charge in [0.2, 0.25) is 5.82 Å². The summed E-state index contributed by atoms with van der Waals surface area (Å²) in [5.74, 6) is 1.45. The Kier molecular flexibility index (Phi) is 2.49. The van der Waals surface area contributed by atoms with Crippen molar-refractivity contribution in [1.82, 2.24) is 15.1 Å². The van der Waals surface area contributed by atoms with Crippen molar-refractivity contribution in [3.05, 3.63) is 48.7 Å². The summed E-state index contributed by atoms with van der Waals surface area (Å²) < 4.78 is 5.22. The molecule has 88 valence electrons. The van der Waals surface area contributed by atoms with Crippen LogP contribution in [-0.4, -0.2) is 15.1 Å². The molecule has 0 aliphatic carbocycles. The van der Waals surface area contributed by atoms with Gasteiger partial charge in [0.1, 0.15) is 5.82 Å². The fraction of sp³-hybridized carbons (Fsp3) is 0. The minimum absolute atomic E-state index is 0.463. The summed E-state index contributed by atoms with van der Waals surface area (Å²) in [6.45, 7) is 0. The van der Waals surface area contributed by atoms with E-state index in [0.29, 0.717) is 17.5 Å². The van der Waals surface area contributed by atoms with E-state index in [0.717, 1.165) is 11.1 Å². The Balaban J connectivity index is 1.97. The Bertz CT molecular complexity index is 646. The zero-order chi connectivity index (χ0) is 12.4. The molecule has 3 rings (SSSR count). The molecule has 5 heteroatoms. The summed E-state index contributed by atoms with van der Waals surface area (Å²) in [6.07, 6.45) is 1.62. The van der Waals surface area contributed by atoms with Crippen molar-refractivity contribution in [3.63, 3.8) is 0 Å². The molecular weight excluding hydrogens is 228 g/mol. The van der Waals surface area contributed by atoms with Crippen LogP contribution in [0.1, 0.15) is 0 Å². The van der Waals surface area contributed by atoms with Crippen molar-refractivity contribution >= 4 is 5.82 Å². The molecule has 5 nitrogen and oxygen atoms in total. The summed E-state index contributed by atoms with van der Waals surface area (Å²) in [6, 6.07) is 13.1. The molecule has 1 aromatic carbocycles. The monoisotopic (exact) mass is 238 g/mol. The predicted molar refractivity (Wildman–Crippen MR) is 67.4 cm³/mol. The van der Waals surface area contributed by atoms with Crippen molar-refractivity contribution in [2.24, 2.45) is 0 Å². The molecule has 0 unspecified atom stereocenters. The van der Waals surface area contributed by atoms with Gasteiger partial charge in [-0.1, -0.05) is 23.4 Å². The van der Waals surface area contributed by atoms with E-state index in [1.165, 1.54) is 0 Å². The number of pyridine rings is 1. The highest BCUT2D eigenvalue weighted by Crippen LogP contribution is 2.21. The van der Waals surface area contributed by atoms with Crippen molar-refractivity contribution < 1.29 is 4.52 Å². The molecule has 0 aliphatic rings. The van der Waals surface area contributed by atoms with Gasteiger partial charge in [0.25, 0.3) is 5.89 Å². The second-order valence-corrected chi connectivity index (χ2v) is 3.76. The highest BCUT2D eigenvalue weighted by molar-refractivity contribution is 5.59.